The molecule has 0 aliphatic carbocycles. The highest BCUT2D eigenvalue weighted by molar-refractivity contribution is 6.30. The van der Waals surface area contributed by atoms with Gasteiger partial charge in [0.25, 0.3) is 0 Å². The highest BCUT2D eigenvalue weighted by Crippen LogP contribution is 2.13. The van der Waals surface area contributed by atoms with Crippen LogP contribution in [0.25, 0.3) is 0 Å². The molecule has 0 amide bonds. The van der Waals surface area contributed by atoms with Crippen molar-refractivity contribution >= 4 is 11.6 Å². The Labute approximate surface area is 124 Å². The average Bonchev–Trinajstić information content (AvgIpc) is 2.47. The fraction of sp³-hybridized carbons (Fsp3) is 0.250. The van der Waals surface area contributed by atoms with Gasteiger partial charge < -0.3 is 15.2 Å². The molecule has 0 unspecified atom stereocenters. The SMILES string of the molecule is NCc1cccc(OCCOCc2cccc(Cl)c2)c1. The third-order valence-corrected chi connectivity index (χ3v) is 3.02. The second-order valence-corrected chi connectivity index (χ2v) is 4.82. The lowest BCUT2D eigenvalue weighted by atomic mass is 10.2. The van der Waals surface area contributed by atoms with Gasteiger partial charge in [0.05, 0.1) is 13.2 Å². The molecule has 0 saturated heterocycles. The molecule has 2 N–H and O–H groups in total. The van der Waals surface area contributed by atoms with Crippen LogP contribution < -0.4 is 10.5 Å². The van der Waals surface area contributed by atoms with Crippen LogP contribution in [0.4, 0.5) is 0 Å². The lowest BCUT2D eigenvalue weighted by Gasteiger charge is -2.08. The molecule has 106 valence electrons. The summed E-state index contributed by atoms with van der Waals surface area (Å²) in [7, 11) is 0. The van der Waals surface area contributed by atoms with Gasteiger partial charge in [-0.3, -0.25) is 0 Å². The summed E-state index contributed by atoms with van der Waals surface area (Å²) in [6, 6.07) is 15.4. The molecule has 0 saturated carbocycles. The molecule has 0 aliphatic heterocycles. The van der Waals surface area contributed by atoms with Crippen molar-refractivity contribution in [3.05, 3.63) is 64.7 Å². The van der Waals surface area contributed by atoms with E-state index in [-0.39, 0.29) is 0 Å². The molecule has 20 heavy (non-hydrogen) atoms. The van der Waals surface area contributed by atoms with Crippen molar-refractivity contribution in [2.75, 3.05) is 13.2 Å². The van der Waals surface area contributed by atoms with E-state index in [1.807, 2.05) is 48.5 Å². The molecule has 0 bridgehead atoms. The zero-order valence-corrected chi connectivity index (χ0v) is 12.0. The summed E-state index contributed by atoms with van der Waals surface area (Å²) in [5, 5.41) is 0.723. The van der Waals surface area contributed by atoms with Gasteiger partial charge in [0.15, 0.2) is 0 Å². The zero-order valence-electron chi connectivity index (χ0n) is 11.2. The van der Waals surface area contributed by atoms with Crippen molar-refractivity contribution in [1.29, 1.82) is 0 Å². The first-order valence-electron chi connectivity index (χ1n) is 6.52. The largest absolute Gasteiger partial charge is 0.491 e. The minimum atomic E-state index is 0.509. The number of rotatable bonds is 7. The fourth-order valence-corrected chi connectivity index (χ4v) is 2.01. The Morgan fingerprint density at radius 2 is 1.75 bits per heavy atom. The summed E-state index contributed by atoms with van der Waals surface area (Å²) >= 11 is 5.90. The Morgan fingerprint density at radius 3 is 2.55 bits per heavy atom. The van der Waals surface area contributed by atoms with E-state index in [9.17, 15) is 0 Å². The first kappa shape index (κ1) is 14.9. The summed E-state index contributed by atoms with van der Waals surface area (Å²) < 4.78 is 11.1. The van der Waals surface area contributed by atoms with Gasteiger partial charge in [-0.15, -0.1) is 0 Å². The van der Waals surface area contributed by atoms with E-state index in [0.717, 1.165) is 21.9 Å². The van der Waals surface area contributed by atoms with Gasteiger partial charge in [-0.2, -0.15) is 0 Å². The topological polar surface area (TPSA) is 44.5 Å². The third kappa shape index (κ3) is 4.85. The quantitative estimate of drug-likeness (QED) is 0.795. The van der Waals surface area contributed by atoms with Gasteiger partial charge in [-0.05, 0) is 35.4 Å². The standard InChI is InChI=1S/C16H18ClNO2/c17-15-5-1-4-14(9-15)12-19-7-8-20-16-6-2-3-13(10-16)11-18/h1-6,9-10H,7-8,11-12,18H2. The molecule has 0 heterocycles. The second-order valence-electron chi connectivity index (χ2n) is 4.38. The normalized spacial score (nSPS) is 10.5. The molecule has 0 aliphatic rings. The number of nitrogens with two attached hydrogens (primary N) is 1. The molecule has 2 aromatic rings. The average molecular weight is 292 g/mol. The van der Waals surface area contributed by atoms with Gasteiger partial charge in [0, 0.05) is 11.6 Å². The Morgan fingerprint density at radius 1 is 0.950 bits per heavy atom. The summed E-state index contributed by atoms with van der Waals surface area (Å²) in [5.41, 5.74) is 7.70. The van der Waals surface area contributed by atoms with Gasteiger partial charge >= 0.3 is 0 Å². The van der Waals surface area contributed by atoms with Crippen molar-refractivity contribution < 1.29 is 9.47 Å². The van der Waals surface area contributed by atoms with Crippen molar-refractivity contribution in [2.24, 2.45) is 5.73 Å². The molecule has 0 spiro atoms. The van der Waals surface area contributed by atoms with Gasteiger partial charge in [0.2, 0.25) is 0 Å². The number of benzene rings is 2. The van der Waals surface area contributed by atoms with Crippen LogP contribution in [-0.2, 0) is 17.9 Å². The molecule has 0 atom stereocenters. The number of hydrogen-bond acceptors (Lipinski definition) is 3. The monoisotopic (exact) mass is 291 g/mol. The molecule has 2 rings (SSSR count). The predicted octanol–water partition coefficient (Wildman–Crippen LogP) is 3.39. The highest BCUT2D eigenvalue weighted by atomic mass is 35.5. The molecule has 2 aromatic carbocycles. The summed E-state index contributed by atoms with van der Waals surface area (Å²) in [5.74, 6) is 0.819. The number of hydrogen-bond donors (Lipinski definition) is 1. The van der Waals surface area contributed by atoms with Crippen LogP contribution in [0.3, 0.4) is 0 Å². The predicted molar refractivity (Wildman–Crippen MR) is 80.9 cm³/mol. The van der Waals surface area contributed by atoms with Gasteiger partial charge in [-0.25, -0.2) is 0 Å². The summed E-state index contributed by atoms with van der Waals surface area (Å²) in [6.45, 7) is 2.09. The van der Waals surface area contributed by atoms with Crippen LogP contribution in [0.1, 0.15) is 11.1 Å². The minimum absolute atomic E-state index is 0.509. The van der Waals surface area contributed by atoms with E-state index < -0.39 is 0 Å². The van der Waals surface area contributed by atoms with E-state index in [4.69, 9.17) is 26.8 Å². The fourth-order valence-electron chi connectivity index (χ4n) is 1.80. The summed E-state index contributed by atoms with van der Waals surface area (Å²) in [6.07, 6.45) is 0. The molecule has 4 heteroatoms. The summed E-state index contributed by atoms with van der Waals surface area (Å²) in [4.78, 5) is 0. The zero-order chi connectivity index (χ0) is 14.2. The van der Waals surface area contributed by atoms with E-state index in [1.54, 1.807) is 0 Å². The maximum absolute atomic E-state index is 5.90. The Kier molecular flexibility index (Phi) is 5.87. The van der Waals surface area contributed by atoms with Crippen LogP contribution >= 0.6 is 11.6 Å². The second kappa shape index (κ2) is 7.90. The first-order valence-corrected chi connectivity index (χ1v) is 6.90. The number of ether oxygens (including phenoxy) is 2. The smallest absolute Gasteiger partial charge is 0.119 e. The lowest BCUT2D eigenvalue weighted by molar-refractivity contribution is 0.0889. The van der Waals surface area contributed by atoms with Gasteiger partial charge in [0.1, 0.15) is 12.4 Å². The molecule has 0 radical (unpaired) electrons. The van der Waals surface area contributed by atoms with Crippen molar-refractivity contribution in [3.63, 3.8) is 0 Å². The van der Waals surface area contributed by atoms with Crippen LogP contribution in [-0.4, -0.2) is 13.2 Å². The molecule has 3 nitrogen and oxygen atoms in total. The lowest BCUT2D eigenvalue weighted by Crippen LogP contribution is -2.07. The molecular weight excluding hydrogens is 274 g/mol. The van der Waals surface area contributed by atoms with E-state index >= 15 is 0 Å². The first-order chi connectivity index (χ1) is 9.78. The van der Waals surface area contributed by atoms with E-state index in [0.29, 0.717) is 26.4 Å². The molecular formula is C16H18ClNO2. The Hall–Kier alpha value is -1.55. The van der Waals surface area contributed by atoms with Gasteiger partial charge in [-0.1, -0.05) is 35.9 Å². The van der Waals surface area contributed by atoms with Crippen LogP contribution in [0.15, 0.2) is 48.5 Å². The maximum atomic E-state index is 5.90. The van der Waals surface area contributed by atoms with Crippen molar-refractivity contribution in [2.45, 2.75) is 13.2 Å². The van der Waals surface area contributed by atoms with Crippen LogP contribution in [0.2, 0.25) is 5.02 Å². The van der Waals surface area contributed by atoms with E-state index in [2.05, 4.69) is 0 Å². The maximum Gasteiger partial charge on any atom is 0.119 e. The van der Waals surface area contributed by atoms with Crippen molar-refractivity contribution in [1.82, 2.24) is 0 Å². The van der Waals surface area contributed by atoms with Crippen LogP contribution in [0, 0.1) is 0 Å². The molecule has 0 aromatic heterocycles. The van der Waals surface area contributed by atoms with Crippen LogP contribution in [0.5, 0.6) is 5.75 Å². The van der Waals surface area contributed by atoms with E-state index in [1.165, 1.54) is 0 Å². The third-order valence-electron chi connectivity index (χ3n) is 2.79. The highest BCUT2D eigenvalue weighted by Gasteiger charge is 1.97. The van der Waals surface area contributed by atoms with Crippen molar-refractivity contribution in [3.8, 4) is 5.75 Å². The minimum Gasteiger partial charge on any atom is -0.491 e. The Bertz CT molecular complexity index is 546. The Balaban J connectivity index is 1.68. The molecule has 0 fully saturated rings. The number of halogens is 1.